The molecule has 0 N–H and O–H groups in total. The van der Waals surface area contributed by atoms with Crippen LogP contribution in [0.4, 0.5) is 15.8 Å². The minimum absolute atomic E-state index is 0.263. The first-order chi connectivity index (χ1) is 8.18. The molecule has 1 aromatic rings. The van der Waals surface area contributed by atoms with E-state index in [-0.39, 0.29) is 11.4 Å². The SMILES string of the molecule is COc1cc(N(C)S(C)(=O)=O)c([N+](=O)[O-])cc1F. The lowest BCUT2D eigenvalue weighted by atomic mass is 10.2. The summed E-state index contributed by atoms with van der Waals surface area (Å²) >= 11 is 0. The van der Waals surface area contributed by atoms with Crippen LogP contribution in [0, 0.1) is 15.9 Å². The first-order valence-electron chi connectivity index (χ1n) is 4.64. The van der Waals surface area contributed by atoms with Crippen molar-refractivity contribution in [1.82, 2.24) is 0 Å². The molecule has 0 atom stereocenters. The molecule has 0 aliphatic heterocycles. The van der Waals surface area contributed by atoms with Crippen molar-refractivity contribution in [1.29, 1.82) is 0 Å². The van der Waals surface area contributed by atoms with Gasteiger partial charge in [0.15, 0.2) is 11.6 Å². The third-order valence-electron chi connectivity index (χ3n) is 2.28. The zero-order valence-electron chi connectivity index (χ0n) is 9.88. The number of sulfonamides is 1. The van der Waals surface area contributed by atoms with Gasteiger partial charge >= 0.3 is 0 Å². The maximum atomic E-state index is 13.4. The molecule has 0 aromatic heterocycles. The van der Waals surface area contributed by atoms with Crippen LogP contribution in [-0.4, -0.2) is 33.8 Å². The van der Waals surface area contributed by atoms with Crippen molar-refractivity contribution in [2.24, 2.45) is 0 Å². The van der Waals surface area contributed by atoms with E-state index >= 15 is 0 Å². The van der Waals surface area contributed by atoms with Crippen LogP contribution < -0.4 is 9.04 Å². The van der Waals surface area contributed by atoms with Crippen LogP contribution in [0.5, 0.6) is 5.75 Å². The van der Waals surface area contributed by atoms with E-state index in [1.54, 1.807) is 0 Å². The molecule has 0 spiro atoms. The molecule has 0 unspecified atom stereocenters. The Kier molecular flexibility index (Phi) is 3.75. The number of ether oxygens (including phenoxy) is 1. The molecule has 18 heavy (non-hydrogen) atoms. The maximum Gasteiger partial charge on any atom is 0.296 e. The molecule has 0 aliphatic rings. The van der Waals surface area contributed by atoms with Crippen molar-refractivity contribution in [3.8, 4) is 5.75 Å². The summed E-state index contributed by atoms with van der Waals surface area (Å²) in [7, 11) is -1.39. The van der Waals surface area contributed by atoms with Crippen molar-refractivity contribution in [3.63, 3.8) is 0 Å². The zero-order chi connectivity index (χ0) is 14.1. The molecule has 0 heterocycles. The van der Waals surface area contributed by atoms with Crippen molar-refractivity contribution in [3.05, 3.63) is 28.1 Å². The number of hydrogen-bond donors (Lipinski definition) is 0. The molecule has 1 rings (SSSR count). The van der Waals surface area contributed by atoms with Gasteiger partial charge in [0.1, 0.15) is 5.69 Å². The molecule has 0 saturated carbocycles. The van der Waals surface area contributed by atoms with Crippen LogP contribution in [0.1, 0.15) is 0 Å². The fraction of sp³-hybridized carbons (Fsp3) is 0.333. The Hall–Kier alpha value is -1.90. The lowest BCUT2D eigenvalue weighted by Gasteiger charge is -2.17. The van der Waals surface area contributed by atoms with E-state index in [0.29, 0.717) is 10.4 Å². The molecule has 1 aromatic carbocycles. The second-order valence-corrected chi connectivity index (χ2v) is 5.48. The van der Waals surface area contributed by atoms with Crippen LogP contribution in [0.2, 0.25) is 0 Å². The lowest BCUT2D eigenvalue weighted by Crippen LogP contribution is -2.25. The van der Waals surface area contributed by atoms with E-state index in [9.17, 15) is 22.9 Å². The van der Waals surface area contributed by atoms with Gasteiger partial charge in [-0.15, -0.1) is 0 Å². The summed E-state index contributed by atoms with van der Waals surface area (Å²) in [6.07, 6.45) is 0.882. The fourth-order valence-corrected chi connectivity index (χ4v) is 1.77. The second kappa shape index (κ2) is 4.77. The molecule has 0 bridgehead atoms. The van der Waals surface area contributed by atoms with Crippen LogP contribution in [-0.2, 0) is 10.0 Å². The van der Waals surface area contributed by atoms with E-state index < -0.39 is 26.5 Å². The summed E-state index contributed by atoms with van der Waals surface area (Å²) in [5.74, 6) is -1.21. The van der Waals surface area contributed by atoms with Crippen LogP contribution in [0.15, 0.2) is 12.1 Å². The molecular weight excluding hydrogens is 267 g/mol. The maximum absolute atomic E-state index is 13.4. The molecule has 0 radical (unpaired) electrons. The zero-order valence-corrected chi connectivity index (χ0v) is 10.7. The minimum Gasteiger partial charge on any atom is -0.494 e. The van der Waals surface area contributed by atoms with Crippen LogP contribution >= 0.6 is 0 Å². The second-order valence-electron chi connectivity index (χ2n) is 3.46. The van der Waals surface area contributed by atoms with Gasteiger partial charge in [-0.2, -0.15) is 0 Å². The normalized spacial score (nSPS) is 11.1. The lowest BCUT2D eigenvalue weighted by molar-refractivity contribution is -0.384. The summed E-state index contributed by atoms with van der Waals surface area (Å²) < 4.78 is 41.4. The van der Waals surface area contributed by atoms with Gasteiger partial charge in [-0.25, -0.2) is 12.8 Å². The van der Waals surface area contributed by atoms with Crippen molar-refractivity contribution in [2.75, 3.05) is 24.7 Å². The van der Waals surface area contributed by atoms with Gasteiger partial charge in [-0.3, -0.25) is 14.4 Å². The topological polar surface area (TPSA) is 89.8 Å². The number of methoxy groups -OCH3 is 1. The molecule has 0 aliphatic carbocycles. The standard InChI is InChI=1S/C9H11FN2O5S/c1-11(18(3,15)16)7-5-9(17-2)6(10)4-8(7)12(13)14/h4-5H,1-3H3. The Labute approximate surface area is 103 Å². The quantitative estimate of drug-likeness (QED) is 0.608. The van der Waals surface area contributed by atoms with E-state index in [2.05, 4.69) is 4.74 Å². The number of hydrogen-bond acceptors (Lipinski definition) is 5. The highest BCUT2D eigenvalue weighted by atomic mass is 32.2. The first-order valence-corrected chi connectivity index (χ1v) is 6.49. The number of rotatable bonds is 4. The van der Waals surface area contributed by atoms with Gasteiger partial charge in [0, 0.05) is 13.1 Å². The summed E-state index contributed by atoms with van der Waals surface area (Å²) in [5.41, 5.74) is -0.915. The number of anilines is 1. The largest absolute Gasteiger partial charge is 0.494 e. The van der Waals surface area contributed by atoms with Crippen LogP contribution in [0.3, 0.4) is 0 Å². The van der Waals surface area contributed by atoms with Gasteiger partial charge in [0.05, 0.1) is 24.4 Å². The molecule has 0 amide bonds. The smallest absolute Gasteiger partial charge is 0.296 e. The van der Waals surface area contributed by atoms with Gasteiger partial charge in [-0.1, -0.05) is 0 Å². The minimum atomic E-state index is -3.70. The van der Waals surface area contributed by atoms with Crippen molar-refractivity contribution >= 4 is 21.4 Å². The summed E-state index contributed by atoms with van der Waals surface area (Å²) in [6.45, 7) is 0. The fourth-order valence-electron chi connectivity index (χ4n) is 1.27. The molecule has 100 valence electrons. The molecule has 9 heteroatoms. The van der Waals surface area contributed by atoms with Crippen molar-refractivity contribution < 1.29 is 22.5 Å². The number of nitro groups is 1. The monoisotopic (exact) mass is 278 g/mol. The third-order valence-corrected chi connectivity index (χ3v) is 3.47. The van der Waals surface area contributed by atoms with Crippen molar-refractivity contribution in [2.45, 2.75) is 0 Å². The van der Waals surface area contributed by atoms with E-state index in [1.807, 2.05) is 0 Å². The summed E-state index contributed by atoms with van der Waals surface area (Å²) in [6, 6.07) is 1.59. The Morgan fingerprint density at radius 2 is 2.00 bits per heavy atom. The highest BCUT2D eigenvalue weighted by Crippen LogP contribution is 2.34. The number of nitrogens with zero attached hydrogens (tertiary/aromatic N) is 2. The Balaban J connectivity index is 3.54. The Morgan fingerprint density at radius 3 is 2.39 bits per heavy atom. The van der Waals surface area contributed by atoms with E-state index in [1.165, 1.54) is 7.11 Å². The Morgan fingerprint density at radius 1 is 1.44 bits per heavy atom. The highest BCUT2D eigenvalue weighted by molar-refractivity contribution is 7.92. The number of nitro benzene ring substituents is 1. The van der Waals surface area contributed by atoms with Gasteiger partial charge in [-0.05, 0) is 0 Å². The molecular formula is C9H11FN2O5S. The number of halogens is 1. The van der Waals surface area contributed by atoms with E-state index in [4.69, 9.17) is 0 Å². The predicted octanol–water partition coefficient (Wildman–Crippen LogP) is 1.14. The molecule has 0 saturated heterocycles. The summed E-state index contributed by atoms with van der Waals surface area (Å²) in [5, 5.41) is 10.8. The van der Waals surface area contributed by atoms with E-state index in [0.717, 1.165) is 19.4 Å². The highest BCUT2D eigenvalue weighted by Gasteiger charge is 2.25. The third kappa shape index (κ3) is 2.67. The van der Waals surface area contributed by atoms with Gasteiger partial charge in [0.25, 0.3) is 5.69 Å². The summed E-state index contributed by atoms with van der Waals surface area (Å²) in [4.78, 5) is 9.92. The average molecular weight is 278 g/mol. The first kappa shape index (κ1) is 14.2. The van der Waals surface area contributed by atoms with Gasteiger partial charge in [0.2, 0.25) is 10.0 Å². The van der Waals surface area contributed by atoms with Crippen LogP contribution in [0.25, 0.3) is 0 Å². The molecule has 0 fully saturated rings. The number of benzene rings is 1. The van der Waals surface area contributed by atoms with Gasteiger partial charge < -0.3 is 4.74 Å². The molecule has 7 nitrogen and oxygen atoms in total. The Bertz CT molecular complexity index is 587. The predicted molar refractivity (Wildman–Crippen MR) is 62.9 cm³/mol. The average Bonchev–Trinajstić information content (AvgIpc) is 2.26.